The largest absolute Gasteiger partial charge is 0.310 e. The third kappa shape index (κ3) is 6.35. The molecule has 0 radical (unpaired) electrons. The highest BCUT2D eigenvalue weighted by Crippen LogP contribution is 2.56. The van der Waals surface area contributed by atoms with Crippen LogP contribution < -0.4 is 9.80 Å². The Morgan fingerprint density at radius 1 is 0.347 bits per heavy atom. The Labute approximate surface area is 422 Å². The molecule has 2 nitrogen and oxygen atoms in total. The smallest absolute Gasteiger partial charge is 0.0502 e. The van der Waals surface area contributed by atoms with Gasteiger partial charge < -0.3 is 9.80 Å². The fraction of sp³-hybridized carbons (Fsp3) is 0.114. The van der Waals surface area contributed by atoms with E-state index in [1.165, 1.54) is 111 Å². The number of rotatable bonds is 5. The molecule has 72 heavy (non-hydrogen) atoms. The van der Waals surface area contributed by atoms with Crippen LogP contribution in [-0.4, -0.2) is 0 Å². The molecular weight excluding hydrogens is 869 g/mol. The van der Waals surface area contributed by atoms with E-state index in [1.807, 2.05) is 0 Å². The zero-order chi connectivity index (χ0) is 48.3. The predicted molar refractivity (Wildman–Crippen MR) is 306 cm³/mol. The monoisotopic (exact) mass is 922 g/mol. The summed E-state index contributed by atoms with van der Waals surface area (Å²) in [6, 6.07) is 75.5. The van der Waals surface area contributed by atoms with E-state index in [4.69, 9.17) is 0 Å². The molecule has 2 heterocycles. The summed E-state index contributed by atoms with van der Waals surface area (Å²) in [5.41, 5.74) is 19.6. The second-order valence-corrected chi connectivity index (χ2v) is 21.2. The molecule has 0 N–H and O–H groups in total. The Hall–Kier alpha value is -8.46. The first-order valence-electron chi connectivity index (χ1n) is 25.6. The third-order valence-electron chi connectivity index (χ3n) is 16.5. The molecule has 10 aromatic rings. The summed E-state index contributed by atoms with van der Waals surface area (Å²) >= 11 is 0. The number of fused-ring (bicyclic) bond motifs is 8. The first-order chi connectivity index (χ1) is 35.2. The lowest BCUT2D eigenvalue weighted by atomic mass is 9.73. The summed E-state index contributed by atoms with van der Waals surface area (Å²) in [6.07, 6.45) is 16.3. The van der Waals surface area contributed by atoms with Gasteiger partial charge in [-0.3, -0.25) is 0 Å². The van der Waals surface area contributed by atoms with Crippen molar-refractivity contribution in [2.45, 2.75) is 38.5 Å². The third-order valence-corrected chi connectivity index (χ3v) is 16.5. The average Bonchev–Trinajstić information content (AvgIpc) is 3.42. The second kappa shape index (κ2) is 16.0. The van der Waals surface area contributed by atoms with Gasteiger partial charge in [-0.1, -0.05) is 210 Å². The molecule has 0 spiro atoms. The van der Waals surface area contributed by atoms with Gasteiger partial charge >= 0.3 is 0 Å². The first kappa shape index (κ1) is 42.4. The van der Waals surface area contributed by atoms with E-state index in [2.05, 4.69) is 280 Å². The minimum atomic E-state index is -0.166. The summed E-state index contributed by atoms with van der Waals surface area (Å²) < 4.78 is 0. The number of allylic oxidation sites excluding steroid dienone is 8. The Kier molecular flexibility index (Phi) is 9.45. The lowest BCUT2D eigenvalue weighted by Crippen LogP contribution is -2.30. The summed E-state index contributed by atoms with van der Waals surface area (Å²) in [4.78, 5) is 5.03. The van der Waals surface area contributed by atoms with Crippen LogP contribution in [0, 0.1) is 11.8 Å². The van der Waals surface area contributed by atoms with Crippen molar-refractivity contribution in [3.63, 3.8) is 0 Å². The van der Waals surface area contributed by atoms with Gasteiger partial charge in [-0.2, -0.15) is 0 Å². The van der Waals surface area contributed by atoms with Crippen LogP contribution in [0.5, 0.6) is 0 Å². The molecule has 0 bridgehead atoms. The summed E-state index contributed by atoms with van der Waals surface area (Å²) in [5.74, 6) is 0.464. The number of anilines is 6. The highest BCUT2D eigenvalue weighted by Gasteiger charge is 2.39. The molecule has 2 unspecified atom stereocenters. The van der Waals surface area contributed by atoms with Gasteiger partial charge in [0, 0.05) is 34.0 Å². The van der Waals surface area contributed by atoms with Crippen molar-refractivity contribution in [2.24, 2.45) is 11.8 Å². The highest BCUT2D eigenvalue weighted by atomic mass is 15.2. The first-order valence-corrected chi connectivity index (χ1v) is 25.6. The van der Waals surface area contributed by atoms with Crippen LogP contribution in [0.3, 0.4) is 0 Å². The van der Waals surface area contributed by atoms with E-state index >= 15 is 0 Å². The second-order valence-electron chi connectivity index (χ2n) is 21.2. The van der Waals surface area contributed by atoms with Crippen molar-refractivity contribution in [1.82, 2.24) is 0 Å². The maximum absolute atomic E-state index is 2.51. The average molecular weight is 923 g/mol. The molecule has 0 amide bonds. The van der Waals surface area contributed by atoms with Crippen LogP contribution in [0.2, 0.25) is 0 Å². The van der Waals surface area contributed by atoms with E-state index in [0.29, 0.717) is 0 Å². The standard InChI is InChI=1S/C70H54N2/c1-69(2)59-27-9-13-31-63(59)71(64-32-14-10-28-60(64)69)51-38-40-56-57(43-51)67(50-24-17-23-48(42-50)49-36-35-45-19-5-6-21-47(45)41-49)55-39-37-52(44-58(55)68(56)54-26-18-22-46-20-7-8-25-53(46)54)72-65-33-15-11-29-61(65)70(3,4)62-30-12-16-34-66(62)72/h5-44,46,53H,1-4H3. The normalized spacial score (nSPS) is 17.8. The Balaban J connectivity index is 1.09. The Morgan fingerprint density at radius 3 is 1.42 bits per heavy atom. The molecule has 0 saturated carbocycles. The van der Waals surface area contributed by atoms with Crippen molar-refractivity contribution in [3.8, 4) is 22.3 Å². The molecule has 14 rings (SSSR count). The topological polar surface area (TPSA) is 6.48 Å². The maximum atomic E-state index is 2.51. The molecule has 0 saturated heterocycles. The molecule has 344 valence electrons. The van der Waals surface area contributed by atoms with Crippen molar-refractivity contribution in [2.75, 3.05) is 9.80 Å². The van der Waals surface area contributed by atoms with Gasteiger partial charge in [-0.05, 0) is 149 Å². The summed E-state index contributed by atoms with van der Waals surface area (Å²) in [6.45, 7) is 9.47. The van der Waals surface area contributed by atoms with Gasteiger partial charge in [0.2, 0.25) is 0 Å². The van der Waals surface area contributed by atoms with Crippen molar-refractivity contribution in [3.05, 3.63) is 271 Å². The minimum Gasteiger partial charge on any atom is -0.310 e. The molecule has 2 aliphatic heterocycles. The summed E-state index contributed by atoms with van der Waals surface area (Å²) in [5, 5.41) is 7.45. The van der Waals surface area contributed by atoms with Gasteiger partial charge in [-0.15, -0.1) is 0 Å². The molecule has 2 aliphatic carbocycles. The van der Waals surface area contributed by atoms with Crippen LogP contribution in [0.4, 0.5) is 34.1 Å². The number of hydrogen-bond acceptors (Lipinski definition) is 2. The van der Waals surface area contributed by atoms with Gasteiger partial charge in [-0.25, -0.2) is 0 Å². The van der Waals surface area contributed by atoms with E-state index in [1.54, 1.807) is 0 Å². The number of nitrogens with zero attached hydrogens (tertiary/aromatic N) is 2. The van der Waals surface area contributed by atoms with Gasteiger partial charge in [0.1, 0.15) is 0 Å². The van der Waals surface area contributed by atoms with Crippen LogP contribution in [0.15, 0.2) is 243 Å². The Bertz CT molecular complexity index is 3930. The maximum Gasteiger partial charge on any atom is 0.0502 e. The molecule has 2 atom stereocenters. The molecule has 4 aliphatic rings. The minimum absolute atomic E-state index is 0.164. The van der Waals surface area contributed by atoms with Crippen molar-refractivity contribution >= 4 is 72.0 Å². The molecule has 0 aromatic heterocycles. The van der Waals surface area contributed by atoms with Gasteiger partial charge in [0.15, 0.2) is 0 Å². The van der Waals surface area contributed by atoms with Crippen molar-refractivity contribution < 1.29 is 0 Å². The predicted octanol–water partition coefficient (Wildman–Crippen LogP) is 19.0. The van der Waals surface area contributed by atoms with E-state index in [9.17, 15) is 0 Å². The lowest BCUT2D eigenvalue weighted by molar-refractivity contribution is 0.632. The van der Waals surface area contributed by atoms with Gasteiger partial charge in [0.25, 0.3) is 0 Å². The van der Waals surface area contributed by atoms with Crippen LogP contribution in [-0.2, 0) is 10.8 Å². The SMILES string of the molecule is CC1(C)c2ccccc2N(c2ccc3c(-c4cccc(-c5ccc6ccccc6c5)c4)c4cc(N5c6ccccc6C(C)(C)c6ccccc65)ccc4c(C4=CC=CC5C=CC=CC45)c3c2)c2ccccc21. The Morgan fingerprint density at radius 2 is 0.819 bits per heavy atom. The lowest BCUT2D eigenvalue weighted by Gasteiger charge is -2.42. The molecule has 10 aromatic carbocycles. The van der Waals surface area contributed by atoms with Crippen LogP contribution >= 0.6 is 0 Å². The van der Waals surface area contributed by atoms with Gasteiger partial charge in [0.05, 0.1) is 22.7 Å². The number of benzene rings is 10. The van der Waals surface area contributed by atoms with E-state index in [-0.39, 0.29) is 22.7 Å². The number of hydrogen-bond donors (Lipinski definition) is 0. The number of para-hydroxylation sites is 4. The van der Waals surface area contributed by atoms with Crippen LogP contribution in [0.25, 0.3) is 60.1 Å². The van der Waals surface area contributed by atoms with Crippen molar-refractivity contribution in [1.29, 1.82) is 0 Å². The highest BCUT2D eigenvalue weighted by molar-refractivity contribution is 6.21. The fourth-order valence-electron chi connectivity index (χ4n) is 13.0. The fourth-order valence-corrected chi connectivity index (χ4v) is 13.0. The quantitative estimate of drug-likeness (QED) is 0.159. The molecule has 0 fully saturated rings. The molecular formula is C70H54N2. The summed E-state index contributed by atoms with van der Waals surface area (Å²) in [7, 11) is 0. The van der Waals surface area contributed by atoms with E-state index < -0.39 is 0 Å². The van der Waals surface area contributed by atoms with Crippen LogP contribution in [0.1, 0.15) is 55.5 Å². The van der Waals surface area contributed by atoms with E-state index in [0.717, 1.165) is 11.4 Å². The zero-order valence-corrected chi connectivity index (χ0v) is 41.1. The zero-order valence-electron chi connectivity index (χ0n) is 41.1. The molecule has 2 heteroatoms.